The van der Waals surface area contributed by atoms with Crippen LogP contribution in [0.15, 0.2) is 24.3 Å². The van der Waals surface area contributed by atoms with Crippen molar-refractivity contribution >= 4 is 17.0 Å². The van der Waals surface area contributed by atoms with E-state index in [2.05, 4.69) is 20.2 Å². The third-order valence-electron chi connectivity index (χ3n) is 4.68. The molecule has 148 valence electrons. The second kappa shape index (κ2) is 6.42. The normalized spacial score (nSPS) is 16.9. The third-order valence-corrected chi connectivity index (χ3v) is 4.68. The number of rotatable bonds is 3. The van der Waals surface area contributed by atoms with Gasteiger partial charge in [0, 0.05) is 23.9 Å². The van der Waals surface area contributed by atoms with Crippen molar-refractivity contribution < 1.29 is 13.2 Å². The monoisotopic (exact) mass is 390 g/mol. The zero-order valence-corrected chi connectivity index (χ0v) is 16.0. The Balaban J connectivity index is 1.80. The highest BCUT2D eigenvalue weighted by molar-refractivity contribution is 5.82. The summed E-state index contributed by atoms with van der Waals surface area (Å²) in [5.41, 5.74) is 0.713. The Bertz CT molecular complexity index is 1020. The van der Waals surface area contributed by atoms with Crippen LogP contribution in [-0.2, 0) is 12.0 Å². The summed E-state index contributed by atoms with van der Waals surface area (Å²) in [5, 5.41) is 8.76. The van der Waals surface area contributed by atoms with E-state index in [4.69, 9.17) is 0 Å². The lowest BCUT2D eigenvalue weighted by atomic mass is 9.96. The molecule has 1 aromatic carbocycles. The van der Waals surface area contributed by atoms with Crippen LogP contribution in [0.4, 0.5) is 19.0 Å². The molecule has 28 heavy (non-hydrogen) atoms. The van der Waals surface area contributed by atoms with E-state index in [-0.39, 0.29) is 30.7 Å². The van der Waals surface area contributed by atoms with Gasteiger partial charge >= 0.3 is 0 Å². The number of fused-ring (bicyclic) bond motifs is 1. The quantitative estimate of drug-likeness (QED) is 0.685. The molecule has 0 radical (unpaired) electrons. The fourth-order valence-electron chi connectivity index (χ4n) is 3.16. The molecule has 3 aromatic rings. The Labute approximate surface area is 160 Å². The zero-order chi connectivity index (χ0) is 20.1. The molecule has 4 rings (SSSR count). The van der Waals surface area contributed by atoms with Gasteiger partial charge in [-0.3, -0.25) is 0 Å². The van der Waals surface area contributed by atoms with Crippen LogP contribution in [0.5, 0.6) is 0 Å². The van der Waals surface area contributed by atoms with E-state index in [9.17, 15) is 13.2 Å². The molecule has 1 aliphatic heterocycles. The Morgan fingerprint density at radius 2 is 1.86 bits per heavy atom. The number of anilines is 1. The maximum Gasteiger partial charge on any atom is 0.266 e. The van der Waals surface area contributed by atoms with Crippen molar-refractivity contribution in [3.05, 3.63) is 41.5 Å². The van der Waals surface area contributed by atoms with Gasteiger partial charge in [-0.25, -0.2) is 23.1 Å². The lowest BCUT2D eigenvalue weighted by Gasteiger charge is -2.21. The smallest absolute Gasteiger partial charge is 0.266 e. The Morgan fingerprint density at radius 3 is 2.50 bits per heavy atom. The van der Waals surface area contributed by atoms with E-state index < -0.39 is 12.5 Å². The maximum atomic E-state index is 14.0. The minimum atomic E-state index is -2.76. The second-order valence-corrected chi connectivity index (χ2v) is 8.14. The van der Waals surface area contributed by atoms with E-state index in [1.165, 1.54) is 15.8 Å². The van der Waals surface area contributed by atoms with E-state index in [1.54, 1.807) is 18.2 Å². The van der Waals surface area contributed by atoms with Gasteiger partial charge in [0.05, 0.1) is 13.1 Å². The van der Waals surface area contributed by atoms with Crippen molar-refractivity contribution in [2.45, 2.75) is 45.1 Å². The number of nitrogens with zero attached hydrogens (tertiary/aromatic N) is 6. The van der Waals surface area contributed by atoms with E-state index in [0.29, 0.717) is 28.4 Å². The first kappa shape index (κ1) is 18.6. The molecule has 2 aromatic heterocycles. The summed E-state index contributed by atoms with van der Waals surface area (Å²) >= 11 is 0. The lowest BCUT2D eigenvalue weighted by molar-refractivity contribution is 0.0257. The molecule has 0 bridgehead atoms. The number of aromatic nitrogens is 5. The Kier molecular flexibility index (Phi) is 4.28. The van der Waals surface area contributed by atoms with Crippen LogP contribution in [0, 0.1) is 5.82 Å². The van der Waals surface area contributed by atoms with Gasteiger partial charge in [0.2, 0.25) is 5.65 Å². The number of alkyl halides is 2. The molecule has 1 fully saturated rings. The molecular weight excluding hydrogens is 369 g/mol. The van der Waals surface area contributed by atoms with Crippen LogP contribution in [-0.4, -0.2) is 44.0 Å². The van der Waals surface area contributed by atoms with Gasteiger partial charge in [-0.15, -0.1) is 10.2 Å². The summed E-state index contributed by atoms with van der Waals surface area (Å²) in [6.45, 7) is 5.72. The summed E-state index contributed by atoms with van der Waals surface area (Å²) in [6.07, 6.45) is -0.229. The summed E-state index contributed by atoms with van der Waals surface area (Å²) in [7, 11) is 0. The topological polar surface area (TPSA) is 59.7 Å². The molecule has 6 nitrogen and oxygen atoms in total. The van der Waals surface area contributed by atoms with Crippen LogP contribution in [0.25, 0.3) is 11.2 Å². The summed E-state index contributed by atoms with van der Waals surface area (Å²) in [6, 6.07) is 6.36. The average molecular weight is 390 g/mol. The molecule has 0 N–H and O–H groups in total. The highest BCUT2D eigenvalue weighted by Gasteiger charge is 2.40. The number of benzene rings is 1. The molecule has 0 aliphatic carbocycles. The maximum absolute atomic E-state index is 14.0. The first-order valence-electron chi connectivity index (χ1n) is 9.12. The van der Waals surface area contributed by atoms with Gasteiger partial charge < -0.3 is 4.90 Å². The first-order valence-corrected chi connectivity index (χ1v) is 9.12. The molecule has 3 heterocycles. The second-order valence-electron chi connectivity index (χ2n) is 8.14. The largest absolute Gasteiger partial charge is 0.348 e. The van der Waals surface area contributed by atoms with Crippen LogP contribution >= 0.6 is 0 Å². The SMILES string of the molecule is CC(C)(C)c1nc(N2CCC(F)(F)C2)c2nn(Cc3ccccc3F)nc2n1. The van der Waals surface area contributed by atoms with Crippen molar-refractivity contribution in [3.63, 3.8) is 0 Å². The number of hydrogen-bond donors (Lipinski definition) is 0. The molecule has 1 aliphatic rings. The van der Waals surface area contributed by atoms with Gasteiger partial charge in [-0.05, 0) is 6.07 Å². The average Bonchev–Trinajstić information content (AvgIpc) is 3.17. The van der Waals surface area contributed by atoms with Crippen molar-refractivity contribution in [1.82, 2.24) is 25.0 Å². The van der Waals surface area contributed by atoms with Crippen LogP contribution in [0.2, 0.25) is 0 Å². The van der Waals surface area contributed by atoms with Gasteiger partial charge in [0.25, 0.3) is 5.92 Å². The Hall–Kier alpha value is -2.71. The molecule has 1 saturated heterocycles. The van der Waals surface area contributed by atoms with Crippen molar-refractivity contribution in [3.8, 4) is 0 Å². The molecule has 9 heteroatoms. The van der Waals surface area contributed by atoms with Gasteiger partial charge in [-0.1, -0.05) is 39.0 Å². The first-order chi connectivity index (χ1) is 13.1. The zero-order valence-electron chi connectivity index (χ0n) is 16.0. The van der Waals surface area contributed by atoms with E-state index in [1.807, 2.05) is 20.8 Å². The molecule has 0 saturated carbocycles. The number of halogens is 3. The lowest BCUT2D eigenvalue weighted by Crippen LogP contribution is -2.27. The van der Waals surface area contributed by atoms with Crippen molar-refractivity contribution in [2.24, 2.45) is 0 Å². The fraction of sp³-hybridized carbons (Fsp3) is 0.474. The molecule has 0 amide bonds. The van der Waals surface area contributed by atoms with Gasteiger partial charge in [-0.2, -0.15) is 4.80 Å². The van der Waals surface area contributed by atoms with E-state index >= 15 is 0 Å². The number of hydrogen-bond acceptors (Lipinski definition) is 5. The standard InChI is InChI=1S/C19H21F3N6/c1-18(2,3)17-23-15-14(16(24-17)27-9-8-19(21,22)11-27)25-28(26-15)10-12-6-4-5-7-13(12)20/h4-7H,8-11H2,1-3H3. The summed E-state index contributed by atoms with van der Waals surface area (Å²) < 4.78 is 41.5. The minimum Gasteiger partial charge on any atom is -0.348 e. The molecule has 0 unspecified atom stereocenters. The summed E-state index contributed by atoms with van der Waals surface area (Å²) in [4.78, 5) is 11.9. The fourth-order valence-corrected chi connectivity index (χ4v) is 3.16. The Morgan fingerprint density at radius 1 is 1.11 bits per heavy atom. The van der Waals surface area contributed by atoms with Crippen LogP contribution < -0.4 is 4.90 Å². The van der Waals surface area contributed by atoms with Crippen molar-refractivity contribution in [1.29, 1.82) is 0 Å². The van der Waals surface area contributed by atoms with E-state index in [0.717, 1.165) is 0 Å². The minimum absolute atomic E-state index is 0.115. The molecular formula is C19H21F3N6. The van der Waals surface area contributed by atoms with Gasteiger partial charge in [0.15, 0.2) is 11.3 Å². The predicted molar refractivity (Wildman–Crippen MR) is 99.1 cm³/mol. The highest BCUT2D eigenvalue weighted by atomic mass is 19.3. The predicted octanol–water partition coefficient (Wildman–Crippen LogP) is 3.55. The van der Waals surface area contributed by atoms with Gasteiger partial charge in [0.1, 0.15) is 11.6 Å². The third kappa shape index (κ3) is 3.53. The van der Waals surface area contributed by atoms with Crippen LogP contribution in [0.1, 0.15) is 38.6 Å². The molecule has 0 spiro atoms. The molecule has 0 atom stereocenters. The van der Waals surface area contributed by atoms with Crippen LogP contribution in [0.3, 0.4) is 0 Å². The van der Waals surface area contributed by atoms with Crippen molar-refractivity contribution in [2.75, 3.05) is 18.0 Å². The highest BCUT2D eigenvalue weighted by Crippen LogP contribution is 2.33. The summed E-state index contributed by atoms with van der Waals surface area (Å²) in [5.74, 6) is -2.26.